The summed E-state index contributed by atoms with van der Waals surface area (Å²) in [6, 6.07) is 11.8. The zero-order chi connectivity index (χ0) is 9.97. The van der Waals surface area contributed by atoms with E-state index in [0.29, 0.717) is 5.15 Å². The summed E-state index contributed by atoms with van der Waals surface area (Å²) in [5.74, 6) is 0. The fourth-order valence-electron chi connectivity index (χ4n) is 1.23. The van der Waals surface area contributed by atoms with Crippen LogP contribution in [-0.4, -0.2) is 4.98 Å². The van der Waals surface area contributed by atoms with Crippen LogP contribution in [0.2, 0.25) is 5.15 Å². The molecule has 0 spiro atoms. The highest BCUT2D eigenvalue weighted by Crippen LogP contribution is 2.27. The minimum absolute atomic E-state index is 0.515. The summed E-state index contributed by atoms with van der Waals surface area (Å²) >= 11 is 9.21. The predicted octanol–water partition coefficient (Wildman–Crippen LogP) is 4.16. The highest BCUT2D eigenvalue weighted by molar-refractivity contribution is 9.10. The maximum absolute atomic E-state index is 5.72. The quantitative estimate of drug-likeness (QED) is 0.708. The van der Waals surface area contributed by atoms with E-state index in [4.69, 9.17) is 11.6 Å². The Morgan fingerprint density at radius 2 is 1.86 bits per heavy atom. The van der Waals surface area contributed by atoms with Crippen LogP contribution in [-0.2, 0) is 0 Å². The van der Waals surface area contributed by atoms with Gasteiger partial charge in [0, 0.05) is 16.2 Å². The Morgan fingerprint density at radius 3 is 2.50 bits per heavy atom. The lowest BCUT2D eigenvalue weighted by molar-refractivity contribution is 1.33. The Labute approximate surface area is 95.9 Å². The average molecular weight is 269 g/mol. The number of rotatable bonds is 1. The third kappa shape index (κ3) is 1.97. The first-order chi connectivity index (χ1) is 6.77. The summed E-state index contributed by atoms with van der Waals surface area (Å²) in [6.45, 7) is 0. The minimum atomic E-state index is 0.515. The molecular weight excluding hydrogens is 261 g/mol. The van der Waals surface area contributed by atoms with Crippen molar-refractivity contribution in [1.82, 2.24) is 4.98 Å². The Kier molecular flexibility index (Phi) is 2.85. The Hall–Kier alpha value is -0.860. The Bertz CT molecular complexity index is 439. The maximum atomic E-state index is 5.72. The fourth-order valence-corrected chi connectivity index (χ4v) is 1.86. The van der Waals surface area contributed by atoms with Gasteiger partial charge in [0.15, 0.2) is 0 Å². The third-order valence-corrected chi connectivity index (χ3v) is 2.83. The number of hydrogen-bond acceptors (Lipinski definition) is 1. The molecule has 0 aliphatic carbocycles. The minimum Gasteiger partial charge on any atom is -0.244 e. The van der Waals surface area contributed by atoms with E-state index >= 15 is 0 Å². The molecule has 1 heterocycles. The van der Waals surface area contributed by atoms with Gasteiger partial charge < -0.3 is 0 Å². The van der Waals surface area contributed by atoms with Crippen molar-refractivity contribution < 1.29 is 0 Å². The van der Waals surface area contributed by atoms with E-state index in [-0.39, 0.29) is 0 Å². The summed E-state index contributed by atoms with van der Waals surface area (Å²) in [7, 11) is 0. The SMILES string of the molecule is Clc1ccc(-c2ccccc2Br)cn1. The van der Waals surface area contributed by atoms with Crippen molar-refractivity contribution in [3.8, 4) is 11.1 Å². The molecule has 2 rings (SSSR count). The maximum Gasteiger partial charge on any atom is 0.129 e. The van der Waals surface area contributed by atoms with Crippen molar-refractivity contribution in [1.29, 1.82) is 0 Å². The van der Waals surface area contributed by atoms with Crippen LogP contribution in [0.25, 0.3) is 11.1 Å². The van der Waals surface area contributed by atoms with Crippen LogP contribution in [0.15, 0.2) is 47.1 Å². The second-order valence-electron chi connectivity index (χ2n) is 2.85. The lowest BCUT2D eigenvalue weighted by atomic mass is 10.1. The zero-order valence-corrected chi connectivity index (χ0v) is 9.59. The van der Waals surface area contributed by atoms with E-state index in [1.165, 1.54) is 0 Å². The van der Waals surface area contributed by atoms with Crippen molar-refractivity contribution in [2.24, 2.45) is 0 Å². The van der Waals surface area contributed by atoms with Crippen LogP contribution in [0.3, 0.4) is 0 Å². The van der Waals surface area contributed by atoms with Gasteiger partial charge in [-0.3, -0.25) is 0 Å². The highest BCUT2D eigenvalue weighted by Gasteiger charge is 2.01. The van der Waals surface area contributed by atoms with E-state index in [1.54, 1.807) is 12.3 Å². The van der Waals surface area contributed by atoms with Gasteiger partial charge in [0.25, 0.3) is 0 Å². The number of aromatic nitrogens is 1. The first kappa shape index (κ1) is 9.69. The molecular formula is C11H7BrClN. The average Bonchev–Trinajstić information content (AvgIpc) is 2.20. The number of pyridine rings is 1. The standard InChI is InChI=1S/C11H7BrClN/c12-10-4-2-1-3-9(10)8-5-6-11(13)14-7-8/h1-7H. The highest BCUT2D eigenvalue weighted by atomic mass is 79.9. The van der Waals surface area contributed by atoms with Crippen molar-refractivity contribution in [2.45, 2.75) is 0 Å². The molecule has 1 nitrogen and oxygen atoms in total. The summed E-state index contributed by atoms with van der Waals surface area (Å²) in [6.07, 6.45) is 1.77. The van der Waals surface area contributed by atoms with Crippen LogP contribution in [0.5, 0.6) is 0 Å². The zero-order valence-electron chi connectivity index (χ0n) is 7.24. The summed E-state index contributed by atoms with van der Waals surface area (Å²) in [5, 5.41) is 0.515. The molecule has 0 aliphatic rings. The molecule has 14 heavy (non-hydrogen) atoms. The van der Waals surface area contributed by atoms with Crippen molar-refractivity contribution in [2.75, 3.05) is 0 Å². The van der Waals surface area contributed by atoms with Gasteiger partial charge in [-0.25, -0.2) is 4.98 Å². The van der Waals surface area contributed by atoms with Gasteiger partial charge in [-0.15, -0.1) is 0 Å². The van der Waals surface area contributed by atoms with Gasteiger partial charge in [-0.1, -0.05) is 45.7 Å². The molecule has 1 aromatic carbocycles. The molecule has 3 heteroatoms. The second kappa shape index (κ2) is 4.11. The fraction of sp³-hybridized carbons (Fsp3) is 0. The molecule has 70 valence electrons. The van der Waals surface area contributed by atoms with Crippen LogP contribution >= 0.6 is 27.5 Å². The van der Waals surface area contributed by atoms with Crippen LogP contribution in [0.4, 0.5) is 0 Å². The molecule has 0 atom stereocenters. The molecule has 0 N–H and O–H groups in total. The molecule has 1 aromatic heterocycles. The van der Waals surface area contributed by atoms with Gasteiger partial charge >= 0.3 is 0 Å². The predicted molar refractivity (Wildman–Crippen MR) is 62.4 cm³/mol. The van der Waals surface area contributed by atoms with E-state index in [2.05, 4.69) is 20.9 Å². The topological polar surface area (TPSA) is 12.9 Å². The number of halogens is 2. The summed E-state index contributed by atoms with van der Waals surface area (Å²) in [5.41, 5.74) is 2.18. The van der Waals surface area contributed by atoms with Gasteiger partial charge in [0.2, 0.25) is 0 Å². The first-order valence-electron chi connectivity index (χ1n) is 4.14. The van der Waals surface area contributed by atoms with Crippen LogP contribution < -0.4 is 0 Å². The first-order valence-corrected chi connectivity index (χ1v) is 5.31. The molecule has 2 aromatic rings. The van der Waals surface area contributed by atoms with Crippen molar-refractivity contribution >= 4 is 27.5 Å². The van der Waals surface area contributed by atoms with Gasteiger partial charge in [0.1, 0.15) is 5.15 Å². The lowest BCUT2D eigenvalue weighted by Crippen LogP contribution is -1.81. The molecule has 0 bridgehead atoms. The van der Waals surface area contributed by atoms with Crippen LogP contribution in [0, 0.1) is 0 Å². The van der Waals surface area contributed by atoms with Gasteiger partial charge in [-0.2, -0.15) is 0 Å². The van der Waals surface area contributed by atoms with Crippen molar-refractivity contribution in [3.05, 3.63) is 52.2 Å². The van der Waals surface area contributed by atoms with Crippen LogP contribution in [0.1, 0.15) is 0 Å². The molecule has 0 fully saturated rings. The summed E-state index contributed by atoms with van der Waals surface area (Å²) < 4.78 is 1.06. The van der Waals surface area contributed by atoms with E-state index < -0.39 is 0 Å². The molecule has 0 saturated heterocycles. The molecule has 0 amide bonds. The molecule has 0 saturated carbocycles. The third-order valence-electron chi connectivity index (χ3n) is 1.91. The van der Waals surface area contributed by atoms with E-state index in [0.717, 1.165) is 15.6 Å². The van der Waals surface area contributed by atoms with E-state index in [9.17, 15) is 0 Å². The molecule has 0 unspecified atom stereocenters. The van der Waals surface area contributed by atoms with E-state index in [1.807, 2.05) is 30.3 Å². The smallest absolute Gasteiger partial charge is 0.129 e. The van der Waals surface area contributed by atoms with Gasteiger partial charge in [-0.05, 0) is 23.8 Å². The van der Waals surface area contributed by atoms with Crippen molar-refractivity contribution in [3.63, 3.8) is 0 Å². The molecule has 0 aliphatic heterocycles. The number of hydrogen-bond donors (Lipinski definition) is 0. The largest absolute Gasteiger partial charge is 0.244 e. The second-order valence-corrected chi connectivity index (χ2v) is 4.09. The number of nitrogens with zero attached hydrogens (tertiary/aromatic N) is 1. The lowest BCUT2D eigenvalue weighted by Gasteiger charge is -2.03. The summed E-state index contributed by atoms with van der Waals surface area (Å²) in [4.78, 5) is 4.04. The van der Waals surface area contributed by atoms with Gasteiger partial charge in [0.05, 0.1) is 0 Å². The number of benzene rings is 1. The Balaban J connectivity index is 2.50. The monoisotopic (exact) mass is 267 g/mol. The normalized spacial score (nSPS) is 10.1. The molecule has 0 radical (unpaired) electrons. The Morgan fingerprint density at radius 1 is 1.07 bits per heavy atom.